The summed E-state index contributed by atoms with van der Waals surface area (Å²) in [6, 6.07) is 14.4. The molecule has 2 aliphatic heterocycles. The van der Waals surface area contributed by atoms with Crippen molar-refractivity contribution >= 4 is 32.6 Å². The minimum Gasteiger partial charge on any atom is -0.465 e. The highest BCUT2D eigenvalue weighted by molar-refractivity contribution is 7.91. The van der Waals surface area contributed by atoms with E-state index in [-0.39, 0.29) is 17.4 Å². The molecule has 0 radical (unpaired) electrons. The molecule has 8 nitrogen and oxygen atoms in total. The van der Waals surface area contributed by atoms with Gasteiger partial charge in [0.05, 0.1) is 24.2 Å². The predicted octanol–water partition coefficient (Wildman–Crippen LogP) is 2.31. The molecular weight excluding hydrogens is 454 g/mol. The summed E-state index contributed by atoms with van der Waals surface area (Å²) in [6.45, 7) is 1.66. The van der Waals surface area contributed by atoms with Gasteiger partial charge in [0.1, 0.15) is 6.04 Å². The van der Waals surface area contributed by atoms with Gasteiger partial charge in [-0.25, -0.2) is 13.2 Å². The van der Waals surface area contributed by atoms with Crippen molar-refractivity contribution in [2.45, 2.75) is 19.0 Å². The van der Waals surface area contributed by atoms with Crippen LogP contribution in [0.3, 0.4) is 0 Å². The number of carbonyl (C=O) groups excluding carboxylic acids is 2. The average Bonchev–Trinajstić information content (AvgIpc) is 3.22. The van der Waals surface area contributed by atoms with E-state index in [1.807, 2.05) is 52.3 Å². The largest absolute Gasteiger partial charge is 0.465 e. The lowest BCUT2D eigenvalue weighted by Crippen LogP contribution is -2.49. The first-order valence-electron chi connectivity index (χ1n) is 11.4. The maximum Gasteiger partial charge on any atom is 0.337 e. The van der Waals surface area contributed by atoms with E-state index in [2.05, 4.69) is 4.98 Å². The number of fused-ring (bicyclic) bond motifs is 3. The summed E-state index contributed by atoms with van der Waals surface area (Å²) in [4.78, 5) is 33.2. The van der Waals surface area contributed by atoms with Gasteiger partial charge < -0.3 is 14.6 Å². The van der Waals surface area contributed by atoms with Gasteiger partial charge in [-0.1, -0.05) is 30.3 Å². The van der Waals surface area contributed by atoms with Crippen molar-refractivity contribution < 1.29 is 22.7 Å². The molecule has 5 rings (SSSR count). The van der Waals surface area contributed by atoms with Crippen LogP contribution < -0.4 is 0 Å². The van der Waals surface area contributed by atoms with Crippen LogP contribution in [0.25, 0.3) is 10.9 Å². The van der Waals surface area contributed by atoms with Crippen molar-refractivity contribution in [1.82, 2.24) is 14.8 Å². The summed E-state index contributed by atoms with van der Waals surface area (Å²) in [7, 11) is -1.70. The zero-order valence-corrected chi connectivity index (χ0v) is 19.8. The SMILES string of the molecule is COC(=O)c1ccc2[nH]c3c(c2c1)CN(C(=O)C(c1ccccc1)N1CCS(=O)(=O)CC1)CC3. The van der Waals surface area contributed by atoms with Gasteiger partial charge in [0.2, 0.25) is 5.91 Å². The number of aromatic nitrogens is 1. The molecule has 2 aromatic carbocycles. The first-order valence-corrected chi connectivity index (χ1v) is 13.2. The normalized spacial score (nSPS) is 18.9. The second-order valence-electron chi connectivity index (χ2n) is 8.84. The van der Waals surface area contributed by atoms with E-state index in [1.165, 1.54) is 7.11 Å². The Balaban J connectivity index is 1.46. The second kappa shape index (κ2) is 8.88. The van der Waals surface area contributed by atoms with Gasteiger partial charge in [-0.15, -0.1) is 0 Å². The van der Waals surface area contributed by atoms with Crippen LogP contribution in [0.15, 0.2) is 48.5 Å². The summed E-state index contributed by atoms with van der Waals surface area (Å²) in [5, 5.41) is 0.913. The van der Waals surface area contributed by atoms with Crippen molar-refractivity contribution in [3.63, 3.8) is 0 Å². The number of esters is 1. The fourth-order valence-corrected chi connectivity index (χ4v) is 6.18. The molecule has 178 valence electrons. The number of nitrogens with one attached hydrogen (secondary N) is 1. The molecule has 1 saturated heterocycles. The molecule has 1 amide bonds. The van der Waals surface area contributed by atoms with Crippen LogP contribution in [0, 0.1) is 0 Å². The summed E-state index contributed by atoms with van der Waals surface area (Å²) < 4.78 is 28.9. The number of amides is 1. The molecule has 2 aliphatic rings. The molecule has 3 heterocycles. The van der Waals surface area contributed by atoms with Crippen LogP contribution in [-0.4, -0.2) is 73.3 Å². The quantitative estimate of drug-likeness (QED) is 0.574. The third-order valence-corrected chi connectivity index (χ3v) is 8.41. The molecular formula is C25H27N3O5S. The topological polar surface area (TPSA) is 99.8 Å². The van der Waals surface area contributed by atoms with E-state index in [9.17, 15) is 18.0 Å². The molecule has 0 saturated carbocycles. The Morgan fingerprint density at radius 1 is 1.03 bits per heavy atom. The molecule has 1 unspecified atom stereocenters. The van der Waals surface area contributed by atoms with Crippen molar-refractivity contribution in [2.24, 2.45) is 0 Å². The molecule has 9 heteroatoms. The minimum atomic E-state index is -3.06. The number of ether oxygens (including phenoxy) is 1. The smallest absolute Gasteiger partial charge is 0.337 e. The number of carbonyl (C=O) groups is 2. The lowest BCUT2D eigenvalue weighted by molar-refractivity contribution is -0.138. The average molecular weight is 482 g/mol. The third-order valence-electron chi connectivity index (χ3n) is 6.80. The Morgan fingerprint density at radius 2 is 1.76 bits per heavy atom. The monoisotopic (exact) mass is 481 g/mol. The highest BCUT2D eigenvalue weighted by Crippen LogP contribution is 2.32. The number of H-pyrrole nitrogens is 1. The Bertz CT molecular complexity index is 1340. The van der Waals surface area contributed by atoms with Gasteiger partial charge in [-0.2, -0.15) is 0 Å². The summed E-state index contributed by atoms with van der Waals surface area (Å²) >= 11 is 0. The van der Waals surface area contributed by atoms with Crippen molar-refractivity contribution in [3.05, 3.63) is 70.9 Å². The number of methoxy groups -OCH3 is 1. The zero-order valence-electron chi connectivity index (χ0n) is 19.0. The minimum absolute atomic E-state index is 0.0328. The Morgan fingerprint density at radius 3 is 2.47 bits per heavy atom. The standard InChI is InChI=1S/C25H27N3O5S/c1-33-25(30)18-7-8-21-19(15-18)20-16-28(10-9-22(20)26-21)24(29)23(17-5-3-2-4-6-17)27-11-13-34(31,32)14-12-27/h2-8,15,23,26H,9-14,16H2,1H3. The number of nitrogens with zero attached hydrogens (tertiary/aromatic N) is 2. The van der Waals surface area contributed by atoms with Gasteiger partial charge in [-0.3, -0.25) is 9.69 Å². The third kappa shape index (κ3) is 4.21. The number of aromatic amines is 1. The molecule has 0 aliphatic carbocycles. The zero-order chi connectivity index (χ0) is 23.9. The highest BCUT2D eigenvalue weighted by atomic mass is 32.2. The number of hydrogen-bond acceptors (Lipinski definition) is 6. The van der Waals surface area contributed by atoms with Gasteiger partial charge in [-0.05, 0) is 23.8 Å². The van der Waals surface area contributed by atoms with Gasteiger partial charge in [0, 0.05) is 54.8 Å². The number of benzene rings is 2. The summed E-state index contributed by atoms with van der Waals surface area (Å²) in [6.07, 6.45) is 0.680. The van der Waals surface area contributed by atoms with E-state index in [0.717, 1.165) is 27.7 Å². The van der Waals surface area contributed by atoms with Gasteiger partial charge >= 0.3 is 5.97 Å². The van der Waals surface area contributed by atoms with E-state index >= 15 is 0 Å². The Hall–Kier alpha value is -3.17. The lowest BCUT2D eigenvalue weighted by Gasteiger charge is -2.38. The first-order chi connectivity index (χ1) is 16.4. The lowest BCUT2D eigenvalue weighted by atomic mass is 9.99. The fraction of sp³-hybridized carbons (Fsp3) is 0.360. The summed E-state index contributed by atoms with van der Waals surface area (Å²) in [5.74, 6) is -0.307. The predicted molar refractivity (Wildman–Crippen MR) is 128 cm³/mol. The molecule has 0 bridgehead atoms. The van der Waals surface area contributed by atoms with Crippen LogP contribution in [0.2, 0.25) is 0 Å². The fourth-order valence-electron chi connectivity index (χ4n) is 4.95. The molecule has 1 atom stereocenters. The first kappa shape index (κ1) is 22.6. The number of sulfone groups is 1. The maximum atomic E-state index is 13.9. The van der Waals surface area contributed by atoms with Crippen LogP contribution >= 0.6 is 0 Å². The highest BCUT2D eigenvalue weighted by Gasteiger charge is 2.36. The van der Waals surface area contributed by atoms with Crippen LogP contribution in [0.1, 0.15) is 33.2 Å². The Kier molecular flexibility index (Phi) is 5.91. The molecule has 34 heavy (non-hydrogen) atoms. The van der Waals surface area contributed by atoms with Gasteiger partial charge in [0.15, 0.2) is 9.84 Å². The second-order valence-corrected chi connectivity index (χ2v) is 11.1. The molecule has 3 aromatic rings. The molecule has 1 fully saturated rings. The van der Waals surface area contributed by atoms with Crippen molar-refractivity contribution in [2.75, 3.05) is 38.2 Å². The van der Waals surface area contributed by atoms with Crippen molar-refractivity contribution in [1.29, 1.82) is 0 Å². The van der Waals surface area contributed by atoms with E-state index in [1.54, 1.807) is 6.07 Å². The van der Waals surface area contributed by atoms with Crippen LogP contribution in [-0.2, 0) is 32.3 Å². The van der Waals surface area contributed by atoms with E-state index < -0.39 is 21.8 Å². The maximum absolute atomic E-state index is 13.9. The summed E-state index contributed by atoms with van der Waals surface area (Å²) in [5.41, 5.74) is 4.34. The number of rotatable bonds is 4. The number of hydrogen-bond donors (Lipinski definition) is 1. The van der Waals surface area contributed by atoms with Crippen LogP contribution in [0.4, 0.5) is 0 Å². The molecule has 1 aromatic heterocycles. The van der Waals surface area contributed by atoms with Gasteiger partial charge in [0.25, 0.3) is 0 Å². The molecule has 1 N–H and O–H groups in total. The van der Waals surface area contributed by atoms with E-state index in [4.69, 9.17) is 4.74 Å². The van der Waals surface area contributed by atoms with Crippen LogP contribution in [0.5, 0.6) is 0 Å². The van der Waals surface area contributed by atoms with E-state index in [0.29, 0.717) is 38.2 Å². The molecule has 0 spiro atoms. The van der Waals surface area contributed by atoms with Crippen molar-refractivity contribution in [3.8, 4) is 0 Å². The Labute approximate surface area is 198 Å².